The summed E-state index contributed by atoms with van der Waals surface area (Å²) < 4.78 is 33.5. The second-order valence-electron chi connectivity index (χ2n) is 16.5. The van der Waals surface area contributed by atoms with Crippen LogP contribution in [0.2, 0.25) is 0 Å². The fraction of sp³-hybridized carbons (Fsp3) is 0.647. The normalized spacial score (nSPS) is 22.6. The minimum absolute atomic E-state index is 0.0564. The molecule has 0 saturated heterocycles. The van der Waals surface area contributed by atoms with Crippen LogP contribution in [0.1, 0.15) is 149 Å². The first kappa shape index (κ1) is 60.7. The van der Waals surface area contributed by atoms with Crippen molar-refractivity contribution in [2.24, 2.45) is 0 Å². The summed E-state index contributed by atoms with van der Waals surface area (Å²) in [5.41, 5.74) is 0. The number of hydrogen-bond acceptors (Lipinski definition) is 13. The number of ether oxygens (including phenoxy) is 2. The Labute approximate surface area is 394 Å². The molecule has 0 amide bonds. The van der Waals surface area contributed by atoms with Crippen molar-refractivity contribution < 1.29 is 68.2 Å². The van der Waals surface area contributed by atoms with Gasteiger partial charge in [-0.1, -0.05) is 130 Å². The highest BCUT2D eigenvalue weighted by atomic mass is 31.2. The van der Waals surface area contributed by atoms with Crippen molar-refractivity contribution in [2.45, 2.75) is 198 Å². The lowest BCUT2D eigenvalue weighted by Gasteiger charge is -2.41. The fourth-order valence-corrected chi connectivity index (χ4v) is 7.55. The van der Waals surface area contributed by atoms with Crippen LogP contribution in [-0.4, -0.2) is 110 Å². The van der Waals surface area contributed by atoms with E-state index in [1.54, 1.807) is 6.92 Å². The largest absolute Gasteiger partial charge is 0.472 e. The smallest absolute Gasteiger partial charge is 0.462 e. The van der Waals surface area contributed by atoms with Crippen LogP contribution in [0.3, 0.4) is 0 Å². The highest BCUT2D eigenvalue weighted by Gasteiger charge is 2.51. The van der Waals surface area contributed by atoms with E-state index in [0.717, 1.165) is 103 Å². The molecule has 14 nitrogen and oxygen atoms in total. The van der Waals surface area contributed by atoms with Crippen molar-refractivity contribution in [1.29, 1.82) is 0 Å². The Hall–Kier alpha value is -3.27. The predicted molar refractivity (Wildman–Crippen MR) is 259 cm³/mol. The fourth-order valence-electron chi connectivity index (χ4n) is 6.58. The molecule has 0 aromatic carbocycles. The molecule has 1 aliphatic carbocycles. The highest BCUT2D eigenvalue weighted by Crippen LogP contribution is 2.47. The third-order valence-corrected chi connectivity index (χ3v) is 11.4. The SMILES string of the molecule is CC/C=C\C/C=C\C/C=C\C/C=C\CCCCCCCCC(=O)O[C@H](COC(=O)CCC/C=C\C/C=C\C/C=C\C/C=C\CCC[C@@H](C)O)COP(=O)(O)OC1[C@H](O)[C@H](O)C(O)[C@H](O)[C@H]1O. The average molecular weight is 951 g/mol. The van der Waals surface area contributed by atoms with Gasteiger partial charge in [0.2, 0.25) is 0 Å². The molecule has 0 spiro atoms. The van der Waals surface area contributed by atoms with E-state index in [4.69, 9.17) is 18.5 Å². The molecular formula is C51H83O14P. The molecule has 1 rings (SSSR count). The molecule has 15 heteroatoms. The first-order valence-electron chi connectivity index (χ1n) is 24.1. The zero-order valence-corrected chi connectivity index (χ0v) is 40.4. The van der Waals surface area contributed by atoms with Gasteiger partial charge in [-0.25, -0.2) is 4.57 Å². The van der Waals surface area contributed by atoms with Gasteiger partial charge in [0.25, 0.3) is 0 Å². The third kappa shape index (κ3) is 32.4. The molecular weight excluding hydrogens is 868 g/mol. The van der Waals surface area contributed by atoms with Gasteiger partial charge in [0.15, 0.2) is 6.10 Å². The molecule has 376 valence electrons. The number of carbonyl (C=O) groups is 2. The van der Waals surface area contributed by atoms with Crippen LogP contribution in [0.4, 0.5) is 0 Å². The Morgan fingerprint density at radius 2 is 0.939 bits per heavy atom. The van der Waals surface area contributed by atoms with Gasteiger partial charge in [-0.05, 0) is 103 Å². The van der Waals surface area contributed by atoms with Crippen molar-refractivity contribution >= 4 is 19.8 Å². The van der Waals surface area contributed by atoms with E-state index >= 15 is 0 Å². The lowest BCUT2D eigenvalue weighted by Crippen LogP contribution is -2.64. The first-order chi connectivity index (χ1) is 31.8. The summed E-state index contributed by atoms with van der Waals surface area (Å²) in [6.07, 6.45) is 37.3. The summed E-state index contributed by atoms with van der Waals surface area (Å²) in [7, 11) is -5.15. The van der Waals surface area contributed by atoms with Crippen LogP contribution in [-0.2, 0) is 32.7 Å². The molecule has 1 saturated carbocycles. The van der Waals surface area contributed by atoms with E-state index in [-0.39, 0.29) is 18.9 Å². The molecule has 0 heterocycles. The summed E-state index contributed by atoms with van der Waals surface area (Å²) in [5, 5.41) is 59.5. The van der Waals surface area contributed by atoms with E-state index in [1.165, 1.54) is 0 Å². The first-order valence-corrected chi connectivity index (χ1v) is 25.6. The van der Waals surface area contributed by atoms with Crippen molar-refractivity contribution in [1.82, 2.24) is 0 Å². The van der Waals surface area contributed by atoms with Gasteiger partial charge in [0, 0.05) is 12.8 Å². The molecule has 1 fully saturated rings. The number of phosphoric ester groups is 1. The van der Waals surface area contributed by atoms with Crippen molar-refractivity contribution in [3.05, 3.63) is 97.2 Å². The summed E-state index contributed by atoms with van der Waals surface area (Å²) in [4.78, 5) is 35.7. The molecule has 66 heavy (non-hydrogen) atoms. The second-order valence-corrected chi connectivity index (χ2v) is 17.9. The lowest BCUT2D eigenvalue weighted by atomic mass is 9.85. The minimum atomic E-state index is -5.15. The lowest BCUT2D eigenvalue weighted by molar-refractivity contribution is -0.220. The molecule has 0 radical (unpaired) electrons. The summed E-state index contributed by atoms with van der Waals surface area (Å²) in [5.74, 6) is -1.21. The zero-order chi connectivity index (χ0) is 48.7. The molecule has 0 aromatic rings. The number of aliphatic hydroxyl groups is 6. The Morgan fingerprint density at radius 3 is 1.44 bits per heavy atom. The second kappa shape index (κ2) is 39.7. The summed E-state index contributed by atoms with van der Waals surface area (Å²) >= 11 is 0. The van der Waals surface area contributed by atoms with Crippen molar-refractivity contribution in [3.8, 4) is 0 Å². The molecule has 0 aliphatic heterocycles. The van der Waals surface area contributed by atoms with Crippen molar-refractivity contribution in [2.75, 3.05) is 13.2 Å². The average Bonchev–Trinajstić information content (AvgIpc) is 3.29. The van der Waals surface area contributed by atoms with E-state index in [0.29, 0.717) is 19.3 Å². The summed E-state index contributed by atoms with van der Waals surface area (Å²) in [6.45, 7) is 2.67. The van der Waals surface area contributed by atoms with Gasteiger partial charge in [-0.2, -0.15) is 0 Å². The van der Waals surface area contributed by atoms with Gasteiger partial charge in [0.1, 0.15) is 43.2 Å². The van der Waals surface area contributed by atoms with Gasteiger partial charge >= 0.3 is 19.8 Å². The van der Waals surface area contributed by atoms with Crippen molar-refractivity contribution in [3.63, 3.8) is 0 Å². The molecule has 0 bridgehead atoms. The minimum Gasteiger partial charge on any atom is -0.462 e. The number of hydrogen-bond donors (Lipinski definition) is 7. The van der Waals surface area contributed by atoms with Gasteiger partial charge in [-0.3, -0.25) is 18.6 Å². The number of esters is 2. The van der Waals surface area contributed by atoms with Crippen LogP contribution < -0.4 is 0 Å². The highest BCUT2D eigenvalue weighted by molar-refractivity contribution is 7.47. The van der Waals surface area contributed by atoms with Crippen LogP contribution >= 0.6 is 7.82 Å². The molecule has 3 unspecified atom stereocenters. The maximum atomic E-state index is 12.8. The van der Waals surface area contributed by atoms with E-state index in [9.17, 15) is 49.7 Å². The topological polar surface area (TPSA) is 230 Å². The number of rotatable bonds is 38. The van der Waals surface area contributed by atoms with E-state index < -0.39 is 75.7 Å². The van der Waals surface area contributed by atoms with Gasteiger partial charge in [-0.15, -0.1) is 0 Å². The molecule has 7 N–H and O–H groups in total. The molecule has 1 aliphatic rings. The van der Waals surface area contributed by atoms with Crippen LogP contribution in [0.5, 0.6) is 0 Å². The number of aliphatic hydroxyl groups excluding tert-OH is 6. The predicted octanol–water partition coefficient (Wildman–Crippen LogP) is 8.80. The van der Waals surface area contributed by atoms with Crippen LogP contribution in [0.25, 0.3) is 0 Å². The standard InChI is InChI=1S/C51H83O14P/c1-3-4-5-6-7-8-9-10-11-12-13-14-17-21-24-27-30-33-36-39-45(54)64-43(41-63-66(60,61)65-51-49(58)47(56)46(55)48(57)50(51)59)40-62-44(53)38-35-32-29-26-23-20-18-15-16-19-22-25-28-31-34-37-42(2)52/h4-5,7-8,10-11,13-14,16,18-20,25-26,28-29,42-43,46-52,55-59H,3,6,9,12,15,17,21-24,27,30-41H2,1-2H3,(H,60,61)/b5-4-,8-7-,11-10-,14-13-,19-16-,20-18-,28-25-,29-26-/t42-,43-,46?,47-,48+,49-,50-,51?/m1/s1. The molecule has 9 atom stereocenters. The Balaban J connectivity index is 2.49. The number of allylic oxidation sites excluding steroid dienone is 16. The number of unbranched alkanes of at least 4 members (excludes halogenated alkanes) is 8. The van der Waals surface area contributed by atoms with Gasteiger partial charge < -0.3 is 45.0 Å². The quantitative estimate of drug-likeness (QED) is 0.0133. The number of carbonyl (C=O) groups excluding carboxylic acids is 2. The maximum Gasteiger partial charge on any atom is 0.472 e. The molecule has 0 aromatic heterocycles. The zero-order valence-electron chi connectivity index (χ0n) is 39.6. The van der Waals surface area contributed by atoms with Crippen LogP contribution in [0, 0.1) is 0 Å². The Bertz CT molecular complexity index is 1530. The third-order valence-electron chi connectivity index (χ3n) is 10.4. The van der Waals surface area contributed by atoms with Gasteiger partial charge in [0.05, 0.1) is 12.7 Å². The van der Waals surface area contributed by atoms with Crippen LogP contribution in [0.15, 0.2) is 97.2 Å². The number of phosphoric acid groups is 1. The Kier molecular flexibility index (Phi) is 36.5. The monoisotopic (exact) mass is 951 g/mol. The maximum absolute atomic E-state index is 12.8. The summed E-state index contributed by atoms with van der Waals surface area (Å²) in [6, 6.07) is 0. The Morgan fingerprint density at radius 1 is 0.530 bits per heavy atom. The van der Waals surface area contributed by atoms with E-state index in [1.807, 2.05) is 12.2 Å². The van der Waals surface area contributed by atoms with E-state index in [2.05, 4.69) is 92.0 Å².